The van der Waals surface area contributed by atoms with Gasteiger partial charge >= 0.3 is 6.18 Å². The lowest BCUT2D eigenvalue weighted by Crippen LogP contribution is -2.10. The van der Waals surface area contributed by atoms with Crippen LogP contribution in [-0.2, 0) is 6.18 Å². The number of alkyl halides is 3. The Bertz CT molecular complexity index is 678. The number of hydrogen-bond acceptors (Lipinski definition) is 2. The van der Waals surface area contributed by atoms with Crippen molar-refractivity contribution in [1.29, 1.82) is 0 Å². The summed E-state index contributed by atoms with van der Waals surface area (Å²) in [5, 5.41) is 9.67. The largest absolute Gasteiger partial charge is 0.433 e. The van der Waals surface area contributed by atoms with Crippen molar-refractivity contribution < 1.29 is 22.7 Å². The molecule has 1 aromatic heterocycles. The zero-order valence-corrected chi connectivity index (χ0v) is 12.5. The lowest BCUT2D eigenvalue weighted by Gasteiger charge is -2.14. The SMILES string of the molecule is OC(c1ccc(F)c(Br)c1)c1ccc(C(F)(F)F)nc1Cl. The van der Waals surface area contributed by atoms with Crippen LogP contribution in [0, 0.1) is 5.82 Å². The molecule has 0 radical (unpaired) electrons. The Morgan fingerprint density at radius 1 is 1.19 bits per heavy atom. The molecule has 1 atom stereocenters. The van der Waals surface area contributed by atoms with Crippen LogP contribution in [0.15, 0.2) is 34.8 Å². The van der Waals surface area contributed by atoms with E-state index in [0.717, 1.165) is 18.2 Å². The summed E-state index contributed by atoms with van der Waals surface area (Å²) in [5.41, 5.74) is -0.876. The van der Waals surface area contributed by atoms with Crippen molar-refractivity contribution in [2.45, 2.75) is 12.3 Å². The van der Waals surface area contributed by atoms with E-state index >= 15 is 0 Å². The molecule has 112 valence electrons. The van der Waals surface area contributed by atoms with Gasteiger partial charge in [-0.3, -0.25) is 0 Å². The Morgan fingerprint density at radius 3 is 2.38 bits per heavy atom. The maximum atomic E-state index is 13.1. The lowest BCUT2D eigenvalue weighted by molar-refractivity contribution is -0.141. The van der Waals surface area contributed by atoms with Crippen molar-refractivity contribution in [2.75, 3.05) is 0 Å². The number of halogens is 6. The maximum absolute atomic E-state index is 13.1. The Balaban J connectivity index is 2.39. The number of nitrogens with zero attached hydrogens (tertiary/aromatic N) is 1. The molecule has 0 aliphatic rings. The van der Waals surface area contributed by atoms with E-state index < -0.39 is 28.9 Å². The average Bonchev–Trinajstić information content (AvgIpc) is 2.40. The topological polar surface area (TPSA) is 33.1 Å². The molecular formula is C13H7BrClF4NO. The smallest absolute Gasteiger partial charge is 0.384 e. The minimum atomic E-state index is -4.62. The predicted octanol–water partition coefficient (Wildman–Crippen LogP) is 4.74. The highest BCUT2D eigenvalue weighted by molar-refractivity contribution is 9.10. The van der Waals surface area contributed by atoms with Crippen LogP contribution in [0.25, 0.3) is 0 Å². The van der Waals surface area contributed by atoms with Crippen LogP contribution in [0.2, 0.25) is 5.15 Å². The van der Waals surface area contributed by atoms with Crippen LogP contribution in [-0.4, -0.2) is 10.1 Å². The fourth-order valence-corrected chi connectivity index (χ4v) is 2.32. The molecule has 1 heterocycles. The summed E-state index contributed by atoms with van der Waals surface area (Å²) in [5.74, 6) is -0.525. The summed E-state index contributed by atoms with van der Waals surface area (Å²) in [6, 6.07) is 5.50. The highest BCUT2D eigenvalue weighted by Crippen LogP contribution is 2.33. The molecule has 2 rings (SSSR count). The third-order valence-corrected chi connectivity index (χ3v) is 3.63. The van der Waals surface area contributed by atoms with Crippen LogP contribution in [0.4, 0.5) is 17.6 Å². The Kier molecular flexibility index (Phi) is 4.55. The van der Waals surface area contributed by atoms with E-state index in [1.807, 2.05) is 0 Å². The first-order chi connectivity index (χ1) is 9.70. The molecule has 0 saturated carbocycles. The van der Waals surface area contributed by atoms with E-state index in [0.29, 0.717) is 0 Å². The van der Waals surface area contributed by atoms with E-state index in [4.69, 9.17) is 11.6 Å². The third-order valence-electron chi connectivity index (χ3n) is 2.72. The first-order valence-electron chi connectivity index (χ1n) is 5.57. The molecule has 8 heteroatoms. The second kappa shape index (κ2) is 5.90. The van der Waals surface area contributed by atoms with E-state index in [9.17, 15) is 22.7 Å². The molecular weight excluding hydrogens is 377 g/mol. The molecule has 0 aliphatic heterocycles. The van der Waals surface area contributed by atoms with Crippen molar-refractivity contribution in [2.24, 2.45) is 0 Å². The Hall–Kier alpha value is -1.18. The average molecular weight is 385 g/mol. The van der Waals surface area contributed by atoms with Crippen molar-refractivity contribution in [3.63, 3.8) is 0 Å². The molecule has 1 unspecified atom stereocenters. The third kappa shape index (κ3) is 3.53. The van der Waals surface area contributed by atoms with E-state index in [1.54, 1.807) is 0 Å². The number of benzene rings is 1. The number of aliphatic hydroxyl groups excluding tert-OH is 1. The van der Waals surface area contributed by atoms with Gasteiger partial charge in [0.1, 0.15) is 22.8 Å². The molecule has 0 saturated heterocycles. The van der Waals surface area contributed by atoms with E-state index in [-0.39, 0.29) is 15.6 Å². The molecule has 0 aliphatic carbocycles. The second-order valence-corrected chi connectivity index (χ2v) is 5.36. The van der Waals surface area contributed by atoms with Gasteiger partial charge in [-0.1, -0.05) is 23.7 Å². The molecule has 0 fully saturated rings. The van der Waals surface area contributed by atoms with Gasteiger partial charge in [0.25, 0.3) is 0 Å². The fourth-order valence-electron chi connectivity index (χ4n) is 1.67. The predicted molar refractivity (Wildman–Crippen MR) is 72.4 cm³/mol. The molecule has 0 bridgehead atoms. The van der Waals surface area contributed by atoms with Crippen LogP contribution >= 0.6 is 27.5 Å². The van der Waals surface area contributed by atoms with Crippen LogP contribution < -0.4 is 0 Å². The molecule has 1 aromatic carbocycles. The summed E-state index contributed by atoms with van der Waals surface area (Å²) < 4.78 is 50.7. The zero-order chi connectivity index (χ0) is 15.8. The van der Waals surface area contributed by atoms with E-state index in [1.165, 1.54) is 12.1 Å². The van der Waals surface area contributed by atoms with Gasteiger partial charge in [0.2, 0.25) is 0 Å². The van der Waals surface area contributed by atoms with Gasteiger partial charge in [-0.2, -0.15) is 13.2 Å². The summed E-state index contributed by atoms with van der Waals surface area (Å²) in [6.07, 6.45) is -5.93. The summed E-state index contributed by atoms with van der Waals surface area (Å²) in [4.78, 5) is 3.23. The van der Waals surface area contributed by atoms with Gasteiger partial charge in [-0.05, 0) is 39.7 Å². The quantitative estimate of drug-likeness (QED) is 0.599. The van der Waals surface area contributed by atoms with Crippen molar-refractivity contribution in [3.05, 3.63) is 62.6 Å². The summed E-state index contributed by atoms with van der Waals surface area (Å²) in [7, 11) is 0. The van der Waals surface area contributed by atoms with Gasteiger partial charge in [-0.25, -0.2) is 9.37 Å². The van der Waals surface area contributed by atoms with Crippen molar-refractivity contribution >= 4 is 27.5 Å². The first kappa shape index (κ1) is 16.2. The maximum Gasteiger partial charge on any atom is 0.433 e. The minimum absolute atomic E-state index is 0.00294. The number of hydrogen-bond donors (Lipinski definition) is 1. The number of pyridine rings is 1. The summed E-state index contributed by atoms with van der Waals surface area (Å²) in [6.45, 7) is 0. The summed E-state index contributed by atoms with van der Waals surface area (Å²) >= 11 is 8.65. The second-order valence-electron chi connectivity index (χ2n) is 4.15. The monoisotopic (exact) mass is 383 g/mol. The van der Waals surface area contributed by atoms with Crippen molar-refractivity contribution in [3.8, 4) is 0 Å². The van der Waals surface area contributed by atoms with Gasteiger partial charge in [0.05, 0.1) is 4.47 Å². The Morgan fingerprint density at radius 2 is 1.86 bits per heavy atom. The fraction of sp³-hybridized carbons (Fsp3) is 0.154. The van der Waals surface area contributed by atoms with Crippen LogP contribution in [0.3, 0.4) is 0 Å². The minimum Gasteiger partial charge on any atom is -0.384 e. The van der Waals surface area contributed by atoms with Gasteiger partial charge in [0.15, 0.2) is 0 Å². The molecule has 21 heavy (non-hydrogen) atoms. The number of aromatic nitrogens is 1. The number of rotatable bonds is 2. The van der Waals surface area contributed by atoms with Crippen molar-refractivity contribution in [1.82, 2.24) is 4.98 Å². The normalized spacial score (nSPS) is 13.3. The zero-order valence-electron chi connectivity index (χ0n) is 10.1. The van der Waals surface area contributed by atoms with Gasteiger partial charge in [0, 0.05) is 5.56 Å². The van der Waals surface area contributed by atoms with Gasteiger partial charge in [-0.15, -0.1) is 0 Å². The molecule has 0 spiro atoms. The molecule has 1 N–H and O–H groups in total. The standard InChI is InChI=1S/C13H7BrClF4NO/c14-8-5-6(1-3-9(8)16)11(21)7-2-4-10(13(17,18)19)20-12(7)15/h1-5,11,21H. The highest BCUT2D eigenvalue weighted by Gasteiger charge is 2.33. The Labute approximate surface area is 130 Å². The van der Waals surface area contributed by atoms with E-state index in [2.05, 4.69) is 20.9 Å². The number of aliphatic hydroxyl groups is 1. The van der Waals surface area contributed by atoms with Crippen LogP contribution in [0.5, 0.6) is 0 Å². The molecule has 0 amide bonds. The van der Waals surface area contributed by atoms with Crippen LogP contribution in [0.1, 0.15) is 22.9 Å². The lowest BCUT2D eigenvalue weighted by atomic mass is 10.0. The molecule has 2 nitrogen and oxygen atoms in total. The highest BCUT2D eigenvalue weighted by atomic mass is 79.9. The van der Waals surface area contributed by atoms with Gasteiger partial charge < -0.3 is 5.11 Å². The molecule has 2 aromatic rings. The first-order valence-corrected chi connectivity index (χ1v) is 6.74.